The van der Waals surface area contributed by atoms with E-state index in [9.17, 15) is 4.79 Å². The van der Waals surface area contributed by atoms with Crippen molar-refractivity contribution in [3.05, 3.63) is 42.0 Å². The zero-order valence-electron chi connectivity index (χ0n) is 13.0. The highest BCUT2D eigenvalue weighted by molar-refractivity contribution is 5.87. The van der Waals surface area contributed by atoms with Gasteiger partial charge in [0.25, 0.3) is 0 Å². The third-order valence-corrected chi connectivity index (χ3v) is 6.09. The van der Waals surface area contributed by atoms with Crippen molar-refractivity contribution in [1.82, 2.24) is 0 Å². The quantitative estimate of drug-likeness (QED) is 0.603. The van der Waals surface area contributed by atoms with Gasteiger partial charge in [0, 0.05) is 11.5 Å². The van der Waals surface area contributed by atoms with Crippen LogP contribution in [0.25, 0.3) is 6.08 Å². The minimum atomic E-state index is -0.227. The third kappa shape index (κ3) is 2.52. The first-order chi connectivity index (χ1) is 10.0. The van der Waals surface area contributed by atoms with Crippen LogP contribution in [-0.4, -0.2) is 12.6 Å². The van der Waals surface area contributed by atoms with Gasteiger partial charge in [-0.2, -0.15) is 0 Å². The summed E-state index contributed by atoms with van der Waals surface area (Å²) < 4.78 is 5.57. The van der Waals surface area contributed by atoms with Gasteiger partial charge in [0.1, 0.15) is 0 Å². The van der Waals surface area contributed by atoms with Gasteiger partial charge in [-0.1, -0.05) is 44.2 Å². The van der Waals surface area contributed by atoms with Crippen LogP contribution in [0.2, 0.25) is 0 Å². The third-order valence-electron chi connectivity index (χ3n) is 6.09. The van der Waals surface area contributed by atoms with Crippen LogP contribution in [0.5, 0.6) is 0 Å². The van der Waals surface area contributed by atoms with Crippen molar-refractivity contribution >= 4 is 12.0 Å². The van der Waals surface area contributed by atoms with Crippen LogP contribution < -0.4 is 0 Å². The van der Waals surface area contributed by atoms with Gasteiger partial charge in [-0.3, -0.25) is 0 Å². The monoisotopic (exact) mass is 284 g/mol. The van der Waals surface area contributed by atoms with Gasteiger partial charge in [0.2, 0.25) is 0 Å². The number of fused-ring (bicyclic) bond motifs is 2. The SMILES string of the molecule is CC12CCC(CC1)[C@]2(C)COC(=O)C=Cc1ccccc1. The van der Waals surface area contributed by atoms with Gasteiger partial charge < -0.3 is 4.74 Å². The van der Waals surface area contributed by atoms with Crippen molar-refractivity contribution < 1.29 is 9.53 Å². The highest BCUT2D eigenvalue weighted by Crippen LogP contribution is 2.65. The van der Waals surface area contributed by atoms with Crippen LogP contribution >= 0.6 is 0 Å². The molecule has 3 rings (SSSR count). The van der Waals surface area contributed by atoms with E-state index in [1.165, 1.54) is 31.8 Å². The summed E-state index contributed by atoms with van der Waals surface area (Å²) in [6.45, 7) is 5.24. The minimum Gasteiger partial charge on any atom is -0.462 e. The Labute approximate surface area is 127 Å². The molecule has 0 amide bonds. The first kappa shape index (κ1) is 14.4. The molecule has 0 spiro atoms. The summed E-state index contributed by atoms with van der Waals surface area (Å²) in [5, 5.41) is 0. The number of benzene rings is 1. The summed E-state index contributed by atoms with van der Waals surface area (Å²) >= 11 is 0. The molecule has 112 valence electrons. The van der Waals surface area contributed by atoms with Gasteiger partial charge >= 0.3 is 5.97 Å². The normalized spacial score (nSPS) is 34.5. The molecule has 2 aliphatic carbocycles. The molecule has 1 aromatic carbocycles. The van der Waals surface area contributed by atoms with Crippen molar-refractivity contribution in [2.75, 3.05) is 6.61 Å². The van der Waals surface area contributed by atoms with E-state index in [0.717, 1.165) is 11.5 Å². The molecule has 0 radical (unpaired) electrons. The van der Waals surface area contributed by atoms with Crippen molar-refractivity contribution in [3.8, 4) is 0 Å². The summed E-state index contributed by atoms with van der Waals surface area (Å²) in [5.74, 6) is 0.503. The van der Waals surface area contributed by atoms with E-state index in [0.29, 0.717) is 12.0 Å². The Morgan fingerprint density at radius 3 is 2.48 bits per heavy atom. The van der Waals surface area contributed by atoms with E-state index in [4.69, 9.17) is 4.74 Å². The Morgan fingerprint density at radius 1 is 1.24 bits per heavy atom. The lowest BCUT2D eigenvalue weighted by molar-refractivity contribution is -0.143. The first-order valence-electron chi connectivity index (χ1n) is 7.93. The largest absolute Gasteiger partial charge is 0.462 e. The lowest BCUT2D eigenvalue weighted by Gasteiger charge is -2.37. The molecule has 2 aliphatic rings. The standard InChI is InChI=1S/C19H24O2/c1-18-12-10-16(11-13-18)19(18,2)14-21-17(20)9-8-15-6-4-3-5-7-15/h3-9,16H,10-14H2,1-2H3/t16?,18?,19-/m0/s1. The fourth-order valence-corrected chi connectivity index (χ4v) is 4.25. The zero-order valence-corrected chi connectivity index (χ0v) is 13.0. The molecule has 0 saturated heterocycles. The molecule has 0 aromatic heterocycles. The van der Waals surface area contributed by atoms with Gasteiger partial charge in [-0.05, 0) is 48.7 Å². The predicted molar refractivity (Wildman–Crippen MR) is 84.6 cm³/mol. The van der Waals surface area contributed by atoms with E-state index in [2.05, 4.69) is 13.8 Å². The summed E-state index contributed by atoms with van der Waals surface area (Å²) in [5.41, 5.74) is 1.55. The summed E-state index contributed by atoms with van der Waals surface area (Å²) in [4.78, 5) is 11.9. The molecule has 2 heteroatoms. The molecule has 2 fully saturated rings. The number of carbonyl (C=O) groups is 1. The number of hydrogen-bond donors (Lipinski definition) is 0. The molecule has 2 saturated carbocycles. The fraction of sp³-hybridized carbons (Fsp3) is 0.526. The predicted octanol–water partition coefficient (Wildman–Crippen LogP) is 4.46. The number of carbonyl (C=O) groups excluding carboxylic acids is 1. The molecule has 21 heavy (non-hydrogen) atoms. The summed E-state index contributed by atoms with van der Waals surface area (Å²) in [6.07, 6.45) is 8.51. The number of hydrogen-bond acceptors (Lipinski definition) is 2. The summed E-state index contributed by atoms with van der Waals surface area (Å²) in [7, 11) is 0. The number of ether oxygens (including phenoxy) is 1. The molecule has 1 aromatic rings. The molecular formula is C19H24O2. The average molecular weight is 284 g/mol. The first-order valence-corrected chi connectivity index (χ1v) is 7.93. The topological polar surface area (TPSA) is 26.3 Å². The molecule has 1 atom stereocenters. The van der Waals surface area contributed by atoms with Gasteiger partial charge in [-0.15, -0.1) is 0 Å². The smallest absolute Gasteiger partial charge is 0.330 e. The van der Waals surface area contributed by atoms with Crippen LogP contribution in [0, 0.1) is 16.7 Å². The fourth-order valence-electron chi connectivity index (χ4n) is 4.25. The molecule has 2 nitrogen and oxygen atoms in total. The minimum absolute atomic E-state index is 0.170. The molecular weight excluding hydrogens is 260 g/mol. The Balaban J connectivity index is 1.58. The second-order valence-electron chi connectivity index (χ2n) is 7.10. The van der Waals surface area contributed by atoms with Crippen LogP contribution in [-0.2, 0) is 9.53 Å². The van der Waals surface area contributed by atoms with Crippen LogP contribution in [0.1, 0.15) is 45.1 Å². The van der Waals surface area contributed by atoms with E-state index in [1.807, 2.05) is 36.4 Å². The van der Waals surface area contributed by atoms with Crippen molar-refractivity contribution in [1.29, 1.82) is 0 Å². The van der Waals surface area contributed by atoms with E-state index < -0.39 is 0 Å². The Kier molecular flexibility index (Phi) is 3.64. The number of rotatable bonds is 4. The second kappa shape index (κ2) is 5.32. The maximum Gasteiger partial charge on any atom is 0.330 e. The van der Waals surface area contributed by atoms with Crippen LogP contribution in [0.3, 0.4) is 0 Å². The average Bonchev–Trinajstić information content (AvgIpc) is 2.90. The van der Waals surface area contributed by atoms with Gasteiger partial charge in [0.15, 0.2) is 0 Å². The molecule has 2 bridgehead atoms. The van der Waals surface area contributed by atoms with Crippen LogP contribution in [0.15, 0.2) is 36.4 Å². The highest BCUT2D eigenvalue weighted by atomic mass is 16.5. The Bertz CT molecular complexity index is 538. The van der Waals surface area contributed by atoms with Crippen molar-refractivity contribution in [2.45, 2.75) is 39.5 Å². The lowest BCUT2D eigenvalue weighted by Crippen LogP contribution is -2.36. The van der Waals surface area contributed by atoms with E-state index in [1.54, 1.807) is 0 Å². The summed E-state index contributed by atoms with van der Waals surface area (Å²) in [6, 6.07) is 9.84. The highest BCUT2D eigenvalue weighted by Gasteiger charge is 2.59. The molecule has 0 heterocycles. The Morgan fingerprint density at radius 2 is 1.90 bits per heavy atom. The lowest BCUT2D eigenvalue weighted by atomic mass is 9.70. The van der Waals surface area contributed by atoms with Gasteiger partial charge in [-0.25, -0.2) is 4.79 Å². The molecule has 0 aliphatic heterocycles. The molecule has 0 N–H and O–H groups in total. The zero-order chi connectivity index (χ0) is 14.9. The Hall–Kier alpha value is -1.57. The number of esters is 1. The van der Waals surface area contributed by atoms with Crippen molar-refractivity contribution in [2.24, 2.45) is 16.7 Å². The van der Waals surface area contributed by atoms with E-state index in [-0.39, 0.29) is 11.4 Å². The maximum absolute atomic E-state index is 11.9. The van der Waals surface area contributed by atoms with E-state index >= 15 is 0 Å². The van der Waals surface area contributed by atoms with Gasteiger partial charge in [0.05, 0.1) is 6.61 Å². The maximum atomic E-state index is 11.9. The molecule has 0 unspecified atom stereocenters. The van der Waals surface area contributed by atoms with Crippen molar-refractivity contribution in [3.63, 3.8) is 0 Å². The van der Waals surface area contributed by atoms with Crippen LogP contribution in [0.4, 0.5) is 0 Å². The second-order valence-corrected chi connectivity index (χ2v) is 7.10.